The van der Waals surface area contributed by atoms with Crippen molar-refractivity contribution in [3.8, 4) is 11.5 Å². The van der Waals surface area contributed by atoms with E-state index >= 15 is 0 Å². The van der Waals surface area contributed by atoms with E-state index in [-0.39, 0.29) is 16.4 Å². The Labute approximate surface area is 170 Å². The van der Waals surface area contributed by atoms with E-state index in [1.54, 1.807) is 36.4 Å². The van der Waals surface area contributed by atoms with Crippen LogP contribution in [0.3, 0.4) is 0 Å². The minimum atomic E-state index is -3.61. The van der Waals surface area contributed by atoms with E-state index < -0.39 is 10.0 Å². The van der Waals surface area contributed by atoms with Crippen molar-refractivity contribution < 1.29 is 22.7 Å². The Kier molecular flexibility index (Phi) is 5.73. The maximum atomic E-state index is 13.0. The van der Waals surface area contributed by atoms with Crippen molar-refractivity contribution >= 4 is 21.6 Å². The molecule has 1 N–H and O–H groups in total. The second kappa shape index (κ2) is 8.42. The molecule has 0 spiro atoms. The summed E-state index contributed by atoms with van der Waals surface area (Å²) in [5.74, 6) is 0.834. The van der Waals surface area contributed by atoms with Gasteiger partial charge in [-0.05, 0) is 43.2 Å². The molecule has 0 atom stereocenters. The summed E-state index contributed by atoms with van der Waals surface area (Å²) >= 11 is 0. The summed E-state index contributed by atoms with van der Waals surface area (Å²) in [7, 11) is -3.61. The van der Waals surface area contributed by atoms with Crippen molar-refractivity contribution in [3.63, 3.8) is 0 Å². The van der Waals surface area contributed by atoms with Gasteiger partial charge in [-0.15, -0.1) is 0 Å². The first-order chi connectivity index (χ1) is 14.0. The molecule has 154 valence electrons. The van der Waals surface area contributed by atoms with Crippen LogP contribution in [0.25, 0.3) is 0 Å². The van der Waals surface area contributed by atoms with Crippen LogP contribution in [0.4, 0.5) is 5.69 Å². The Morgan fingerprint density at radius 1 is 0.897 bits per heavy atom. The van der Waals surface area contributed by atoms with E-state index in [0.29, 0.717) is 43.5 Å². The monoisotopic (exact) mass is 416 g/mol. The van der Waals surface area contributed by atoms with Gasteiger partial charge in [0.15, 0.2) is 11.5 Å². The Morgan fingerprint density at radius 3 is 2.38 bits per heavy atom. The van der Waals surface area contributed by atoms with Crippen molar-refractivity contribution in [2.45, 2.75) is 30.6 Å². The molecule has 0 saturated carbocycles. The van der Waals surface area contributed by atoms with E-state index in [4.69, 9.17) is 9.47 Å². The largest absolute Gasteiger partial charge is 0.486 e. The van der Waals surface area contributed by atoms with Crippen LogP contribution in [-0.4, -0.2) is 44.9 Å². The number of fused-ring (bicyclic) bond motifs is 1. The molecule has 1 amide bonds. The van der Waals surface area contributed by atoms with E-state index in [1.807, 2.05) is 0 Å². The van der Waals surface area contributed by atoms with Gasteiger partial charge in [0.25, 0.3) is 5.91 Å². The number of hydrogen-bond acceptors (Lipinski definition) is 5. The fourth-order valence-electron chi connectivity index (χ4n) is 3.55. The number of rotatable bonds is 4. The van der Waals surface area contributed by atoms with Crippen LogP contribution in [0.1, 0.15) is 36.0 Å². The quantitative estimate of drug-likeness (QED) is 0.827. The minimum absolute atomic E-state index is 0.147. The molecule has 1 saturated heterocycles. The number of hydrogen-bond donors (Lipinski definition) is 1. The molecule has 2 aliphatic heterocycles. The third-order valence-electron chi connectivity index (χ3n) is 5.10. The third-order valence-corrected chi connectivity index (χ3v) is 6.99. The smallest absolute Gasteiger partial charge is 0.255 e. The Balaban J connectivity index is 1.53. The lowest BCUT2D eigenvalue weighted by atomic mass is 10.2. The fraction of sp³-hybridized carbons (Fsp3) is 0.381. The topological polar surface area (TPSA) is 84.9 Å². The first-order valence-corrected chi connectivity index (χ1v) is 11.3. The van der Waals surface area contributed by atoms with Crippen LogP contribution in [-0.2, 0) is 10.0 Å². The summed E-state index contributed by atoms with van der Waals surface area (Å²) in [5, 5.41) is 2.79. The molecular formula is C21H24N2O5S. The second-order valence-corrected chi connectivity index (χ2v) is 9.10. The average molecular weight is 416 g/mol. The number of ether oxygens (including phenoxy) is 2. The Bertz CT molecular complexity index is 998. The van der Waals surface area contributed by atoms with Gasteiger partial charge in [0.05, 0.1) is 4.90 Å². The molecule has 2 aliphatic rings. The van der Waals surface area contributed by atoms with Crippen LogP contribution in [0.2, 0.25) is 0 Å². The highest BCUT2D eigenvalue weighted by Crippen LogP contribution is 2.32. The van der Waals surface area contributed by atoms with E-state index in [9.17, 15) is 13.2 Å². The van der Waals surface area contributed by atoms with Gasteiger partial charge in [0, 0.05) is 30.4 Å². The number of carbonyl (C=O) groups excluding carboxylic acids is 1. The van der Waals surface area contributed by atoms with E-state index in [1.165, 1.54) is 10.4 Å². The second-order valence-electron chi connectivity index (χ2n) is 7.16. The fourth-order valence-corrected chi connectivity index (χ4v) is 5.12. The number of benzene rings is 2. The summed E-state index contributed by atoms with van der Waals surface area (Å²) in [4.78, 5) is 12.8. The molecule has 0 unspecified atom stereocenters. The zero-order chi connectivity index (χ0) is 20.3. The van der Waals surface area contributed by atoms with E-state index in [0.717, 1.165) is 25.7 Å². The van der Waals surface area contributed by atoms with Crippen LogP contribution in [0.15, 0.2) is 47.4 Å². The van der Waals surface area contributed by atoms with Gasteiger partial charge in [0.2, 0.25) is 10.0 Å². The molecule has 0 aliphatic carbocycles. The number of amides is 1. The number of carbonyl (C=O) groups is 1. The number of sulfonamides is 1. The minimum Gasteiger partial charge on any atom is -0.486 e. The van der Waals surface area contributed by atoms with Crippen LogP contribution in [0, 0.1) is 0 Å². The van der Waals surface area contributed by atoms with Gasteiger partial charge in [-0.25, -0.2) is 8.42 Å². The molecule has 7 nitrogen and oxygen atoms in total. The maximum absolute atomic E-state index is 13.0. The van der Waals surface area contributed by atoms with Crippen molar-refractivity contribution in [2.75, 3.05) is 31.6 Å². The summed E-state index contributed by atoms with van der Waals surface area (Å²) in [5.41, 5.74) is 0.843. The van der Waals surface area contributed by atoms with Gasteiger partial charge in [-0.2, -0.15) is 4.31 Å². The van der Waals surface area contributed by atoms with Gasteiger partial charge in [-0.1, -0.05) is 18.9 Å². The first kappa shape index (κ1) is 19.7. The highest BCUT2D eigenvalue weighted by atomic mass is 32.2. The van der Waals surface area contributed by atoms with Crippen LogP contribution < -0.4 is 14.8 Å². The Hall–Kier alpha value is -2.58. The van der Waals surface area contributed by atoms with Crippen molar-refractivity contribution in [1.29, 1.82) is 0 Å². The summed E-state index contributed by atoms with van der Waals surface area (Å²) in [6.07, 6.45) is 3.82. The van der Waals surface area contributed by atoms with Crippen molar-refractivity contribution in [1.82, 2.24) is 4.31 Å². The molecule has 0 bridgehead atoms. The molecule has 8 heteroatoms. The zero-order valence-electron chi connectivity index (χ0n) is 16.1. The van der Waals surface area contributed by atoms with Gasteiger partial charge >= 0.3 is 0 Å². The number of anilines is 1. The summed E-state index contributed by atoms with van der Waals surface area (Å²) in [6, 6.07) is 11.4. The summed E-state index contributed by atoms with van der Waals surface area (Å²) in [6.45, 7) is 2.00. The number of nitrogens with one attached hydrogen (secondary N) is 1. The lowest BCUT2D eigenvalue weighted by Gasteiger charge is -2.20. The van der Waals surface area contributed by atoms with Gasteiger partial charge < -0.3 is 14.8 Å². The molecule has 2 aromatic rings. The Morgan fingerprint density at radius 2 is 1.62 bits per heavy atom. The maximum Gasteiger partial charge on any atom is 0.255 e. The lowest BCUT2D eigenvalue weighted by Crippen LogP contribution is -2.32. The molecule has 2 aromatic carbocycles. The predicted octanol–water partition coefficient (Wildman–Crippen LogP) is 3.27. The molecule has 0 radical (unpaired) electrons. The average Bonchev–Trinajstić information content (AvgIpc) is 3.04. The molecule has 4 rings (SSSR count). The standard InChI is InChI=1S/C21H24N2O5S/c24-21(22-17-8-9-19-20(15-17)28-13-12-27-19)16-6-5-7-18(14-16)29(25,26)23-10-3-1-2-4-11-23/h5-9,14-15H,1-4,10-13H2,(H,22,24). The molecule has 2 heterocycles. The highest BCUT2D eigenvalue weighted by Gasteiger charge is 2.26. The molecule has 1 fully saturated rings. The molecule has 0 aromatic heterocycles. The SMILES string of the molecule is O=C(Nc1ccc2c(c1)OCCO2)c1cccc(S(=O)(=O)N2CCCCCC2)c1. The van der Waals surface area contributed by atoms with Gasteiger partial charge in [-0.3, -0.25) is 4.79 Å². The van der Waals surface area contributed by atoms with Crippen molar-refractivity contribution in [3.05, 3.63) is 48.0 Å². The van der Waals surface area contributed by atoms with Crippen LogP contribution >= 0.6 is 0 Å². The predicted molar refractivity (Wildman–Crippen MR) is 109 cm³/mol. The lowest BCUT2D eigenvalue weighted by molar-refractivity contribution is 0.102. The normalized spacial score (nSPS) is 17.4. The van der Waals surface area contributed by atoms with Gasteiger partial charge in [0.1, 0.15) is 13.2 Å². The number of nitrogens with zero attached hydrogens (tertiary/aromatic N) is 1. The van der Waals surface area contributed by atoms with Crippen LogP contribution in [0.5, 0.6) is 11.5 Å². The molecular weight excluding hydrogens is 392 g/mol. The zero-order valence-corrected chi connectivity index (χ0v) is 16.9. The first-order valence-electron chi connectivity index (χ1n) is 9.85. The highest BCUT2D eigenvalue weighted by molar-refractivity contribution is 7.89. The molecule has 29 heavy (non-hydrogen) atoms. The van der Waals surface area contributed by atoms with Crippen molar-refractivity contribution in [2.24, 2.45) is 0 Å². The van der Waals surface area contributed by atoms with E-state index in [2.05, 4.69) is 5.32 Å². The summed E-state index contributed by atoms with van der Waals surface area (Å²) < 4.78 is 38.5. The third kappa shape index (κ3) is 4.38.